The van der Waals surface area contributed by atoms with Crippen molar-refractivity contribution in [2.24, 2.45) is 0 Å². The average Bonchev–Trinajstić information content (AvgIpc) is 2.68. The topological polar surface area (TPSA) is 62.3 Å². The van der Waals surface area contributed by atoms with Gasteiger partial charge in [-0.15, -0.1) is 0 Å². The Morgan fingerprint density at radius 1 is 1.50 bits per heavy atom. The van der Waals surface area contributed by atoms with Gasteiger partial charge < -0.3 is 5.32 Å². The average molecular weight is 340 g/mol. The summed E-state index contributed by atoms with van der Waals surface area (Å²) < 4.78 is 0.915. The highest BCUT2D eigenvalue weighted by molar-refractivity contribution is 9.10. The van der Waals surface area contributed by atoms with Gasteiger partial charge in [-0.05, 0) is 48.3 Å². The molecule has 0 aliphatic carbocycles. The molecule has 108 valence electrons. The summed E-state index contributed by atoms with van der Waals surface area (Å²) in [5.74, 6) is 0.338. The number of likely N-dealkylation sites (tertiary alicyclic amines) is 1. The highest BCUT2D eigenvalue weighted by Gasteiger charge is 2.40. The lowest BCUT2D eigenvalue weighted by Gasteiger charge is -2.21. The molecular weight excluding hydrogens is 322 g/mol. The number of carbonyl (C=O) groups is 2. The van der Waals surface area contributed by atoms with Gasteiger partial charge in [0.25, 0.3) is 5.91 Å². The highest BCUT2D eigenvalue weighted by Crippen LogP contribution is 2.22. The van der Waals surface area contributed by atoms with Gasteiger partial charge in [0, 0.05) is 10.5 Å². The number of anilines is 1. The third-order valence-electron chi connectivity index (χ3n) is 3.56. The first kappa shape index (κ1) is 15.0. The molecule has 0 saturated carbocycles. The van der Waals surface area contributed by atoms with Crippen LogP contribution in [0.4, 0.5) is 5.82 Å². The minimum absolute atomic E-state index is 0.0542. The van der Waals surface area contributed by atoms with Crippen molar-refractivity contribution in [2.75, 3.05) is 5.32 Å². The molecule has 1 aliphatic rings. The molecule has 2 heterocycles. The predicted octanol–water partition coefficient (Wildman–Crippen LogP) is 2.49. The fourth-order valence-corrected chi connectivity index (χ4v) is 2.43. The normalized spacial score (nSPS) is 20.4. The molecule has 0 radical (unpaired) electrons. The number of hydrogen-bond acceptors (Lipinski definition) is 4. The third-order valence-corrected chi connectivity index (χ3v) is 4.40. The van der Waals surface area contributed by atoms with Crippen LogP contribution in [-0.4, -0.2) is 33.8 Å². The lowest BCUT2D eigenvalue weighted by atomic mass is 10.2. The summed E-state index contributed by atoms with van der Waals surface area (Å²) in [5.41, 5.74) is 0.838. The number of aryl methyl sites for hydroxylation is 1. The first-order chi connectivity index (χ1) is 9.43. The van der Waals surface area contributed by atoms with E-state index in [9.17, 15) is 9.59 Å². The molecule has 1 aliphatic heterocycles. The quantitative estimate of drug-likeness (QED) is 0.856. The molecule has 1 fully saturated rings. The molecule has 1 aromatic rings. The maximum absolute atomic E-state index is 12.3. The van der Waals surface area contributed by atoms with Gasteiger partial charge in [0.15, 0.2) is 0 Å². The van der Waals surface area contributed by atoms with Crippen LogP contribution in [0.15, 0.2) is 16.6 Å². The number of imide groups is 1. The van der Waals surface area contributed by atoms with Crippen LogP contribution in [0.5, 0.6) is 0 Å². The number of rotatable bonds is 4. The number of halogens is 1. The molecule has 1 N–H and O–H groups in total. The third kappa shape index (κ3) is 2.85. The van der Waals surface area contributed by atoms with Crippen molar-refractivity contribution < 1.29 is 9.59 Å². The van der Waals surface area contributed by atoms with E-state index in [0.29, 0.717) is 5.82 Å². The fraction of sp³-hybridized carbons (Fsp3) is 0.500. The maximum Gasteiger partial charge on any atom is 0.252 e. The standard InChI is InChI=1S/C14H18BrN3O2/c1-4-8(2)18-13(19)7-11(14(18)20)17-12-6-5-10(15)9(3)16-12/h5-6,8,11H,4,7H2,1-3H3,(H,16,17). The second-order valence-corrected chi connectivity index (χ2v) is 5.88. The van der Waals surface area contributed by atoms with Gasteiger partial charge in [-0.2, -0.15) is 0 Å². The van der Waals surface area contributed by atoms with Crippen LogP contribution in [-0.2, 0) is 9.59 Å². The summed E-state index contributed by atoms with van der Waals surface area (Å²) in [6, 6.07) is 3.10. The zero-order valence-electron chi connectivity index (χ0n) is 11.8. The van der Waals surface area contributed by atoms with Crippen molar-refractivity contribution in [3.8, 4) is 0 Å². The van der Waals surface area contributed by atoms with Crippen molar-refractivity contribution in [3.63, 3.8) is 0 Å². The van der Waals surface area contributed by atoms with Gasteiger partial charge >= 0.3 is 0 Å². The maximum atomic E-state index is 12.3. The summed E-state index contributed by atoms with van der Waals surface area (Å²) in [6.45, 7) is 5.73. The van der Waals surface area contributed by atoms with Gasteiger partial charge in [-0.3, -0.25) is 14.5 Å². The summed E-state index contributed by atoms with van der Waals surface area (Å²) in [5, 5.41) is 3.05. The summed E-state index contributed by atoms with van der Waals surface area (Å²) >= 11 is 3.38. The number of hydrogen-bond donors (Lipinski definition) is 1. The Kier molecular flexibility index (Phi) is 4.42. The van der Waals surface area contributed by atoms with Crippen LogP contribution >= 0.6 is 15.9 Å². The SMILES string of the molecule is CCC(C)N1C(=O)CC(Nc2ccc(Br)c(C)n2)C1=O. The number of nitrogens with one attached hydrogen (secondary N) is 1. The monoisotopic (exact) mass is 339 g/mol. The Labute approximate surface area is 126 Å². The van der Waals surface area contributed by atoms with E-state index < -0.39 is 6.04 Å². The molecule has 0 aromatic carbocycles. The largest absolute Gasteiger partial charge is 0.358 e. The van der Waals surface area contributed by atoms with Crippen LogP contribution in [0.2, 0.25) is 0 Å². The molecule has 1 saturated heterocycles. The van der Waals surface area contributed by atoms with Crippen molar-refractivity contribution in [1.82, 2.24) is 9.88 Å². The summed E-state index contributed by atoms with van der Waals surface area (Å²) in [7, 11) is 0. The van der Waals surface area contributed by atoms with Gasteiger partial charge in [-0.1, -0.05) is 6.92 Å². The van der Waals surface area contributed by atoms with Gasteiger partial charge in [-0.25, -0.2) is 4.98 Å². The Hall–Kier alpha value is -1.43. The molecule has 2 unspecified atom stereocenters. The molecule has 20 heavy (non-hydrogen) atoms. The number of nitrogens with zero attached hydrogens (tertiary/aromatic N) is 2. The molecule has 2 atom stereocenters. The molecule has 1 aromatic heterocycles. The molecular formula is C14H18BrN3O2. The van der Waals surface area contributed by atoms with Crippen LogP contribution < -0.4 is 5.32 Å². The van der Waals surface area contributed by atoms with Crippen LogP contribution in [0.1, 0.15) is 32.4 Å². The molecule has 6 heteroatoms. The Balaban J connectivity index is 2.13. The predicted molar refractivity (Wildman–Crippen MR) is 80.3 cm³/mol. The van der Waals surface area contributed by atoms with E-state index in [0.717, 1.165) is 16.6 Å². The number of aromatic nitrogens is 1. The van der Waals surface area contributed by atoms with E-state index in [1.165, 1.54) is 4.90 Å². The van der Waals surface area contributed by atoms with E-state index in [-0.39, 0.29) is 24.3 Å². The van der Waals surface area contributed by atoms with E-state index in [2.05, 4.69) is 26.2 Å². The van der Waals surface area contributed by atoms with Crippen LogP contribution in [0.25, 0.3) is 0 Å². The van der Waals surface area contributed by atoms with Crippen molar-refractivity contribution in [1.29, 1.82) is 0 Å². The fourth-order valence-electron chi connectivity index (χ4n) is 2.21. The highest BCUT2D eigenvalue weighted by atomic mass is 79.9. The lowest BCUT2D eigenvalue weighted by molar-refractivity contribution is -0.140. The van der Waals surface area contributed by atoms with Crippen molar-refractivity contribution >= 4 is 33.6 Å². The zero-order valence-corrected chi connectivity index (χ0v) is 13.4. The van der Waals surface area contributed by atoms with E-state index in [4.69, 9.17) is 0 Å². The number of amides is 2. The molecule has 0 spiro atoms. The summed E-state index contributed by atoms with van der Waals surface area (Å²) in [4.78, 5) is 29.9. The van der Waals surface area contributed by atoms with Gasteiger partial charge in [0.1, 0.15) is 11.9 Å². The molecule has 0 bridgehead atoms. The second kappa shape index (κ2) is 5.91. The lowest BCUT2D eigenvalue weighted by Crippen LogP contribution is -2.40. The molecule has 2 rings (SSSR count). The van der Waals surface area contributed by atoms with E-state index in [1.54, 1.807) is 6.07 Å². The summed E-state index contributed by atoms with van der Waals surface area (Å²) in [6.07, 6.45) is 0.958. The van der Waals surface area contributed by atoms with Crippen LogP contribution in [0, 0.1) is 6.92 Å². The minimum Gasteiger partial charge on any atom is -0.358 e. The molecule has 5 nitrogen and oxygen atoms in total. The first-order valence-electron chi connectivity index (χ1n) is 6.69. The zero-order chi connectivity index (χ0) is 14.9. The van der Waals surface area contributed by atoms with Gasteiger partial charge in [0.05, 0.1) is 12.1 Å². The second-order valence-electron chi connectivity index (χ2n) is 5.02. The smallest absolute Gasteiger partial charge is 0.252 e. The van der Waals surface area contributed by atoms with Crippen LogP contribution in [0.3, 0.4) is 0 Å². The van der Waals surface area contributed by atoms with E-state index >= 15 is 0 Å². The van der Waals surface area contributed by atoms with Crippen molar-refractivity contribution in [3.05, 3.63) is 22.3 Å². The van der Waals surface area contributed by atoms with Gasteiger partial charge in [0.2, 0.25) is 5.91 Å². The van der Waals surface area contributed by atoms with E-state index in [1.807, 2.05) is 26.8 Å². The number of pyridine rings is 1. The Morgan fingerprint density at radius 3 is 2.80 bits per heavy atom. The first-order valence-corrected chi connectivity index (χ1v) is 7.49. The minimum atomic E-state index is -0.510. The number of carbonyl (C=O) groups excluding carboxylic acids is 2. The molecule has 2 amide bonds. The Morgan fingerprint density at radius 2 is 2.20 bits per heavy atom. The Bertz CT molecular complexity index is 547. The van der Waals surface area contributed by atoms with Crippen molar-refractivity contribution in [2.45, 2.75) is 45.7 Å².